The molecule has 0 N–H and O–H groups in total. The summed E-state index contributed by atoms with van der Waals surface area (Å²) in [5.41, 5.74) is 2.82. The van der Waals surface area contributed by atoms with Gasteiger partial charge in [0.05, 0.1) is 25.4 Å². The van der Waals surface area contributed by atoms with E-state index in [9.17, 15) is 13.6 Å². The molecule has 0 radical (unpaired) electrons. The number of hydrogen-bond donors (Lipinski definition) is 0. The van der Waals surface area contributed by atoms with Crippen LogP contribution in [0.1, 0.15) is 5.82 Å². The third kappa shape index (κ3) is 5.56. The highest BCUT2D eigenvalue weighted by Gasteiger charge is 2.25. The molecule has 0 spiro atoms. The first-order valence-corrected chi connectivity index (χ1v) is 12.2. The Hall–Kier alpha value is -4.53. The molecule has 0 saturated carbocycles. The zero-order valence-electron chi connectivity index (χ0n) is 21.0. The van der Waals surface area contributed by atoms with E-state index >= 15 is 0 Å². The molecule has 0 aliphatic carbocycles. The van der Waals surface area contributed by atoms with Crippen LogP contribution in [-0.2, 0) is 11.2 Å². The van der Waals surface area contributed by atoms with Gasteiger partial charge in [0.25, 0.3) is 0 Å². The summed E-state index contributed by atoms with van der Waals surface area (Å²) in [6.07, 6.45) is 6.18. The fourth-order valence-corrected chi connectivity index (χ4v) is 4.46. The molecule has 3 aromatic rings. The zero-order valence-corrected chi connectivity index (χ0v) is 21.0. The van der Waals surface area contributed by atoms with Gasteiger partial charge in [-0.2, -0.15) is 0 Å². The summed E-state index contributed by atoms with van der Waals surface area (Å²) in [7, 11) is 1.61. The highest BCUT2D eigenvalue weighted by Crippen LogP contribution is 2.25. The summed E-state index contributed by atoms with van der Waals surface area (Å²) in [6, 6.07) is 13.6. The van der Waals surface area contributed by atoms with Crippen molar-refractivity contribution in [2.75, 3.05) is 33.3 Å². The number of halogens is 2. The third-order valence-corrected chi connectivity index (χ3v) is 6.49. The van der Waals surface area contributed by atoms with E-state index in [1.165, 1.54) is 24.4 Å². The number of benzene rings is 2. The lowest BCUT2D eigenvalue weighted by atomic mass is 10.1. The lowest BCUT2D eigenvalue weighted by molar-refractivity contribution is -0.132. The van der Waals surface area contributed by atoms with Crippen molar-refractivity contribution < 1.29 is 18.3 Å². The monoisotopic (exact) mass is 515 g/mol. The number of methoxy groups -OCH3 is 1. The number of carbonyl (C=O) groups excluding carboxylic acids is 1. The fourth-order valence-electron chi connectivity index (χ4n) is 4.46. The number of nitrogens with zero attached hydrogens (tertiary/aromatic N) is 5. The molecule has 38 heavy (non-hydrogen) atoms. The van der Waals surface area contributed by atoms with Crippen LogP contribution in [0.2, 0.25) is 0 Å². The molecular weight excluding hydrogens is 488 g/mol. The van der Waals surface area contributed by atoms with Gasteiger partial charge in [0.15, 0.2) is 0 Å². The van der Waals surface area contributed by atoms with Crippen molar-refractivity contribution >= 4 is 12.1 Å². The minimum atomic E-state index is -0.444. The fraction of sp³-hybridized carbons (Fsp3) is 0.207. The predicted molar refractivity (Wildman–Crippen MR) is 142 cm³/mol. The SMILES string of the molecule is C=C1C=C(F)C=NC(N2CCN(C(=O)Cc3nc(-c4ccc(OC)cc4)cn3-c3ccc(F)cc3)CC2)=C1. The van der Waals surface area contributed by atoms with E-state index in [4.69, 9.17) is 9.72 Å². The quantitative estimate of drug-likeness (QED) is 0.477. The maximum Gasteiger partial charge on any atom is 0.230 e. The summed E-state index contributed by atoms with van der Waals surface area (Å²) >= 11 is 0. The van der Waals surface area contributed by atoms with Gasteiger partial charge in [-0.05, 0) is 66.3 Å². The summed E-state index contributed by atoms with van der Waals surface area (Å²) in [6.45, 7) is 5.95. The lowest BCUT2D eigenvalue weighted by Gasteiger charge is -2.36. The van der Waals surface area contributed by atoms with Crippen molar-refractivity contribution in [1.29, 1.82) is 0 Å². The Morgan fingerprint density at radius 1 is 1.00 bits per heavy atom. The summed E-state index contributed by atoms with van der Waals surface area (Å²) in [5.74, 6) is 1.08. The minimum absolute atomic E-state index is 0.0599. The number of aromatic nitrogens is 2. The first-order valence-electron chi connectivity index (χ1n) is 12.2. The van der Waals surface area contributed by atoms with Crippen LogP contribution in [0.15, 0.2) is 95.7 Å². The lowest BCUT2D eigenvalue weighted by Crippen LogP contribution is -2.48. The Morgan fingerprint density at radius 3 is 2.39 bits per heavy atom. The molecule has 2 aromatic carbocycles. The van der Waals surface area contributed by atoms with E-state index in [0.29, 0.717) is 54.8 Å². The molecule has 3 heterocycles. The standard InChI is InChI=1S/C29H27F2N5O2/c1-20-15-23(31)18-32-27(16-20)34-11-13-35(14-12-34)29(37)17-28-33-26(21-3-9-25(38-2)10-4-21)19-36(28)24-7-5-22(30)6-8-24/h3-10,15-16,18-19H,1,11-14,17H2,2H3. The topological polar surface area (TPSA) is 63.0 Å². The molecule has 0 unspecified atom stereocenters. The van der Waals surface area contributed by atoms with Gasteiger partial charge in [0, 0.05) is 43.6 Å². The number of imidazole rings is 1. The van der Waals surface area contributed by atoms with Crippen molar-refractivity contribution in [3.05, 3.63) is 102 Å². The normalized spacial score (nSPS) is 15.7. The van der Waals surface area contributed by atoms with Gasteiger partial charge in [-0.25, -0.2) is 18.8 Å². The molecule has 1 amide bonds. The predicted octanol–water partition coefficient (Wildman–Crippen LogP) is 4.71. The first kappa shape index (κ1) is 25.1. The van der Waals surface area contributed by atoms with Gasteiger partial charge in [0.1, 0.15) is 29.0 Å². The van der Waals surface area contributed by atoms with E-state index in [0.717, 1.165) is 11.3 Å². The number of rotatable bonds is 6. The second-order valence-corrected chi connectivity index (χ2v) is 9.03. The van der Waals surface area contributed by atoms with Gasteiger partial charge in [-0.1, -0.05) is 6.58 Å². The summed E-state index contributed by atoms with van der Waals surface area (Å²) < 4.78 is 34.3. The van der Waals surface area contributed by atoms with Crippen LogP contribution in [0.4, 0.5) is 8.78 Å². The minimum Gasteiger partial charge on any atom is -0.497 e. The number of amides is 1. The van der Waals surface area contributed by atoms with E-state index in [2.05, 4.69) is 11.6 Å². The largest absolute Gasteiger partial charge is 0.497 e. The van der Waals surface area contributed by atoms with Gasteiger partial charge in [-0.3, -0.25) is 4.79 Å². The molecule has 2 aliphatic heterocycles. The van der Waals surface area contributed by atoms with E-state index in [1.807, 2.05) is 39.9 Å². The Bertz CT molecular complexity index is 1430. The van der Waals surface area contributed by atoms with Gasteiger partial charge in [-0.15, -0.1) is 0 Å². The van der Waals surface area contributed by atoms with Crippen LogP contribution in [-0.4, -0.2) is 64.8 Å². The van der Waals surface area contributed by atoms with E-state index in [-0.39, 0.29) is 18.1 Å². The Labute approximate surface area is 219 Å². The van der Waals surface area contributed by atoms with Crippen molar-refractivity contribution in [1.82, 2.24) is 19.4 Å². The van der Waals surface area contributed by atoms with Crippen molar-refractivity contribution in [2.24, 2.45) is 4.99 Å². The van der Waals surface area contributed by atoms with Crippen molar-refractivity contribution in [3.63, 3.8) is 0 Å². The molecule has 2 aliphatic rings. The number of allylic oxidation sites excluding steroid dienone is 4. The van der Waals surface area contributed by atoms with Gasteiger partial charge >= 0.3 is 0 Å². The molecule has 1 saturated heterocycles. The second kappa shape index (κ2) is 10.8. The van der Waals surface area contributed by atoms with Crippen molar-refractivity contribution in [2.45, 2.75) is 6.42 Å². The third-order valence-electron chi connectivity index (χ3n) is 6.49. The smallest absolute Gasteiger partial charge is 0.230 e. The van der Waals surface area contributed by atoms with Crippen LogP contribution < -0.4 is 4.74 Å². The molecule has 1 fully saturated rings. The molecule has 5 rings (SSSR count). The summed E-state index contributed by atoms with van der Waals surface area (Å²) in [5, 5.41) is 0. The highest BCUT2D eigenvalue weighted by atomic mass is 19.1. The zero-order chi connectivity index (χ0) is 26.6. The van der Waals surface area contributed by atoms with Crippen LogP contribution >= 0.6 is 0 Å². The number of hydrogen-bond acceptors (Lipinski definition) is 5. The van der Waals surface area contributed by atoms with Crippen LogP contribution in [0.5, 0.6) is 5.75 Å². The molecule has 194 valence electrons. The molecule has 7 nitrogen and oxygen atoms in total. The number of piperazine rings is 1. The molecule has 1 aromatic heterocycles. The molecule has 0 bridgehead atoms. The number of ether oxygens (including phenoxy) is 1. The molecule has 9 heteroatoms. The summed E-state index contributed by atoms with van der Waals surface area (Å²) in [4.78, 5) is 26.1. The first-order chi connectivity index (χ1) is 18.4. The van der Waals surface area contributed by atoms with Gasteiger partial charge in [0.2, 0.25) is 5.91 Å². The molecule has 0 atom stereocenters. The van der Waals surface area contributed by atoms with E-state index in [1.54, 1.807) is 30.2 Å². The molecular formula is C29H27F2N5O2. The second-order valence-electron chi connectivity index (χ2n) is 9.03. The number of aliphatic imine (C=N–C) groups is 1. The maximum atomic E-state index is 13.6. The van der Waals surface area contributed by atoms with Crippen molar-refractivity contribution in [3.8, 4) is 22.7 Å². The number of carbonyl (C=O) groups is 1. The average molecular weight is 516 g/mol. The van der Waals surface area contributed by atoms with E-state index < -0.39 is 5.83 Å². The maximum absolute atomic E-state index is 13.6. The Balaban J connectivity index is 1.33. The van der Waals surface area contributed by atoms with Crippen LogP contribution in [0, 0.1) is 5.82 Å². The van der Waals surface area contributed by atoms with Crippen LogP contribution in [0.25, 0.3) is 16.9 Å². The van der Waals surface area contributed by atoms with Gasteiger partial charge < -0.3 is 19.1 Å². The highest BCUT2D eigenvalue weighted by molar-refractivity contribution is 5.79. The Morgan fingerprint density at radius 2 is 1.71 bits per heavy atom. The average Bonchev–Trinajstić information content (AvgIpc) is 3.26. The Kier molecular flexibility index (Phi) is 7.17. The van der Waals surface area contributed by atoms with Crippen LogP contribution in [0.3, 0.4) is 0 Å².